The maximum absolute atomic E-state index is 10.6. The van der Waals surface area contributed by atoms with Gasteiger partial charge in [0.05, 0.1) is 5.56 Å². The molecule has 1 N–H and O–H groups in total. The average molecular weight is 300 g/mol. The molecule has 0 atom stereocenters. The monoisotopic (exact) mass is 299 g/mol. The summed E-state index contributed by atoms with van der Waals surface area (Å²) in [6.45, 7) is 0. The van der Waals surface area contributed by atoms with Crippen molar-refractivity contribution in [3.05, 3.63) is 39.8 Å². The quantitative estimate of drug-likeness (QED) is 0.944. The second kappa shape index (κ2) is 4.63. The summed E-state index contributed by atoms with van der Waals surface area (Å²) in [4.78, 5) is 14.7. The molecule has 0 amide bonds. The topological polar surface area (TPSA) is 59.4 Å². The first kappa shape index (κ1) is 11.1. The largest absolute Gasteiger partial charge is 0.478 e. The van der Waals surface area contributed by atoms with E-state index in [0.717, 1.165) is 4.60 Å². The number of rotatable bonds is 3. The van der Waals surface area contributed by atoms with Gasteiger partial charge in [0.2, 0.25) is 0 Å². The average Bonchev–Trinajstić information content (AvgIpc) is 2.65. The molecule has 0 unspecified atom stereocenters. The summed E-state index contributed by atoms with van der Waals surface area (Å²) in [7, 11) is 0. The Kier molecular flexibility index (Phi) is 3.21. The van der Waals surface area contributed by atoms with Crippen molar-refractivity contribution in [1.82, 2.24) is 4.98 Å². The molecule has 0 bridgehead atoms. The van der Waals surface area contributed by atoms with Crippen LogP contribution in [0.25, 0.3) is 0 Å². The van der Waals surface area contributed by atoms with Crippen molar-refractivity contribution in [2.75, 3.05) is 0 Å². The number of hydrogen-bond acceptors (Lipinski definition) is 4. The molecule has 16 heavy (non-hydrogen) atoms. The van der Waals surface area contributed by atoms with Gasteiger partial charge in [0.1, 0.15) is 10.4 Å². The Morgan fingerprint density at radius 3 is 2.56 bits per heavy atom. The van der Waals surface area contributed by atoms with Crippen LogP contribution in [0.4, 0.5) is 0 Å². The van der Waals surface area contributed by atoms with Gasteiger partial charge >= 0.3 is 5.97 Å². The van der Waals surface area contributed by atoms with E-state index >= 15 is 0 Å². The van der Waals surface area contributed by atoms with Gasteiger partial charge in [-0.2, -0.15) is 4.98 Å². The summed E-state index contributed by atoms with van der Waals surface area (Å²) in [6.07, 6.45) is 0. The third-order valence-electron chi connectivity index (χ3n) is 1.76. The second-order valence-electron chi connectivity index (χ2n) is 2.87. The lowest BCUT2D eigenvalue weighted by atomic mass is 10.2. The third kappa shape index (κ3) is 2.59. The molecule has 0 aliphatic carbocycles. The number of thiazole rings is 1. The van der Waals surface area contributed by atoms with E-state index in [-0.39, 0.29) is 5.56 Å². The van der Waals surface area contributed by atoms with Crippen LogP contribution in [0.5, 0.6) is 10.9 Å². The molecule has 1 heterocycles. The normalized spacial score (nSPS) is 10.1. The van der Waals surface area contributed by atoms with Crippen molar-refractivity contribution in [2.45, 2.75) is 0 Å². The van der Waals surface area contributed by atoms with Gasteiger partial charge in [0.15, 0.2) is 0 Å². The number of hydrogen-bond donors (Lipinski definition) is 1. The number of aromatic carboxylic acids is 1. The fourth-order valence-corrected chi connectivity index (χ4v) is 2.16. The first-order chi connectivity index (χ1) is 7.65. The number of aromatic nitrogens is 1. The molecule has 0 aliphatic rings. The van der Waals surface area contributed by atoms with Crippen LogP contribution in [0.3, 0.4) is 0 Å². The lowest BCUT2D eigenvalue weighted by molar-refractivity contribution is 0.0697. The molecule has 1 aromatic carbocycles. The lowest BCUT2D eigenvalue weighted by Gasteiger charge is -2.01. The molecule has 0 radical (unpaired) electrons. The molecular formula is C10H6BrNO3S. The molecule has 1 aromatic heterocycles. The molecule has 0 aliphatic heterocycles. The highest BCUT2D eigenvalue weighted by molar-refractivity contribution is 9.10. The summed E-state index contributed by atoms with van der Waals surface area (Å²) < 4.78 is 6.14. The first-order valence-electron chi connectivity index (χ1n) is 4.27. The van der Waals surface area contributed by atoms with Gasteiger partial charge in [0, 0.05) is 5.38 Å². The third-order valence-corrected chi connectivity index (χ3v) is 3.19. The van der Waals surface area contributed by atoms with Gasteiger partial charge in [-0.15, -0.1) is 0 Å². The van der Waals surface area contributed by atoms with Crippen molar-refractivity contribution >= 4 is 33.2 Å². The maximum atomic E-state index is 10.6. The number of benzene rings is 1. The molecule has 0 saturated carbocycles. The Hall–Kier alpha value is -1.40. The minimum Gasteiger partial charge on any atom is -0.478 e. The van der Waals surface area contributed by atoms with Gasteiger partial charge in [0.25, 0.3) is 5.19 Å². The van der Waals surface area contributed by atoms with Gasteiger partial charge in [-0.1, -0.05) is 11.3 Å². The summed E-state index contributed by atoms with van der Waals surface area (Å²) >= 11 is 4.58. The number of carboxylic acid groups (broad SMARTS) is 1. The minimum absolute atomic E-state index is 0.229. The fourth-order valence-electron chi connectivity index (χ4n) is 1.05. The first-order valence-corrected chi connectivity index (χ1v) is 5.94. The summed E-state index contributed by atoms with van der Waals surface area (Å²) in [5, 5.41) is 11.0. The van der Waals surface area contributed by atoms with E-state index in [0.29, 0.717) is 10.9 Å². The zero-order chi connectivity index (χ0) is 11.5. The molecule has 0 spiro atoms. The van der Waals surface area contributed by atoms with Crippen LogP contribution in [0, 0.1) is 0 Å². The van der Waals surface area contributed by atoms with E-state index in [1.165, 1.54) is 23.5 Å². The molecule has 6 heteroatoms. The highest BCUT2D eigenvalue weighted by Gasteiger charge is 2.05. The predicted molar refractivity (Wildman–Crippen MR) is 63.3 cm³/mol. The molecule has 2 aromatic rings. The van der Waals surface area contributed by atoms with Crippen molar-refractivity contribution in [3.63, 3.8) is 0 Å². The standard InChI is InChI=1S/C10H6BrNO3S/c11-8-5-16-10(12-8)15-7-3-1-6(2-4-7)9(13)14/h1-5H,(H,13,14). The number of halogens is 1. The Labute approximate surface area is 104 Å². The smallest absolute Gasteiger partial charge is 0.335 e. The molecule has 4 nitrogen and oxygen atoms in total. The summed E-state index contributed by atoms with van der Waals surface area (Å²) in [6, 6.07) is 6.16. The van der Waals surface area contributed by atoms with Crippen molar-refractivity contribution in [3.8, 4) is 10.9 Å². The number of ether oxygens (including phenoxy) is 1. The molecule has 2 rings (SSSR count). The molecule has 0 saturated heterocycles. The van der Waals surface area contributed by atoms with E-state index in [1.54, 1.807) is 17.5 Å². The highest BCUT2D eigenvalue weighted by atomic mass is 79.9. The molecule has 0 fully saturated rings. The van der Waals surface area contributed by atoms with E-state index in [1.807, 2.05) is 0 Å². The number of carbonyl (C=O) groups is 1. The van der Waals surface area contributed by atoms with E-state index in [2.05, 4.69) is 20.9 Å². The van der Waals surface area contributed by atoms with Crippen molar-refractivity contribution in [1.29, 1.82) is 0 Å². The molecule has 82 valence electrons. The Morgan fingerprint density at radius 1 is 1.38 bits per heavy atom. The summed E-state index contributed by atoms with van der Waals surface area (Å²) in [5.74, 6) is -0.393. The second-order valence-corrected chi connectivity index (χ2v) is 4.50. The van der Waals surface area contributed by atoms with Crippen LogP contribution >= 0.6 is 27.3 Å². The Bertz CT molecular complexity index is 509. The van der Waals surface area contributed by atoms with Crippen LogP contribution in [0.1, 0.15) is 10.4 Å². The van der Waals surface area contributed by atoms with Crippen LogP contribution in [-0.2, 0) is 0 Å². The predicted octanol–water partition coefficient (Wildman–Crippen LogP) is 3.40. The van der Waals surface area contributed by atoms with Gasteiger partial charge in [-0.25, -0.2) is 4.79 Å². The van der Waals surface area contributed by atoms with E-state index in [9.17, 15) is 4.79 Å². The van der Waals surface area contributed by atoms with Crippen LogP contribution < -0.4 is 4.74 Å². The Morgan fingerprint density at radius 2 is 2.06 bits per heavy atom. The SMILES string of the molecule is O=C(O)c1ccc(Oc2nc(Br)cs2)cc1. The van der Waals surface area contributed by atoms with Crippen molar-refractivity contribution in [2.24, 2.45) is 0 Å². The zero-order valence-electron chi connectivity index (χ0n) is 7.88. The van der Waals surface area contributed by atoms with E-state index < -0.39 is 5.97 Å². The lowest BCUT2D eigenvalue weighted by Crippen LogP contribution is -1.95. The van der Waals surface area contributed by atoms with Gasteiger partial charge in [-0.3, -0.25) is 0 Å². The van der Waals surface area contributed by atoms with Crippen LogP contribution in [0.2, 0.25) is 0 Å². The number of carboxylic acids is 1. The Balaban J connectivity index is 2.14. The molecular weight excluding hydrogens is 294 g/mol. The van der Waals surface area contributed by atoms with Crippen LogP contribution in [0.15, 0.2) is 34.2 Å². The van der Waals surface area contributed by atoms with Gasteiger partial charge in [-0.05, 0) is 40.2 Å². The maximum Gasteiger partial charge on any atom is 0.335 e. The van der Waals surface area contributed by atoms with Crippen LogP contribution in [-0.4, -0.2) is 16.1 Å². The fraction of sp³-hybridized carbons (Fsp3) is 0. The minimum atomic E-state index is -0.955. The summed E-state index contributed by atoms with van der Waals surface area (Å²) in [5.41, 5.74) is 0.229. The highest BCUT2D eigenvalue weighted by Crippen LogP contribution is 2.27. The van der Waals surface area contributed by atoms with Crippen molar-refractivity contribution < 1.29 is 14.6 Å². The zero-order valence-corrected chi connectivity index (χ0v) is 10.3. The van der Waals surface area contributed by atoms with Gasteiger partial charge < -0.3 is 9.84 Å². The van der Waals surface area contributed by atoms with E-state index in [4.69, 9.17) is 9.84 Å². The number of nitrogens with zero attached hydrogens (tertiary/aromatic N) is 1.